The van der Waals surface area contributed by atoms with Gasteiger partial charge in [-0.1, -0.05) is 34.8 Å². The molecular weight excluding hydrogens is 319 g/mol. The number of hydrogen-bond donors (Lipinski definition) is 2. The maximum absolute atomic E-state index is 11.5. The van der Waals surface area contributed by atoms with Crippen molar-refractivity contribution in [1.82, 2.24) is 4.72 Å². The van der Waals surface area contributed by atoms with E-state index in [0.29, 0.717) is 5.56 Å². The van der Waals surface area contributed by atoms with E-state index in [1.165, 1.54) is 25.1 Å². The molecule has 8 heteroatoms. The van der Waals surface area contributed by atoms with Crippen LogP contribution in [0.3, 0.4) is 0 Å². The number of halogens is 3. The lowest BCUT2D eigenvalue weighted by Crippen LogP contribution is -2.25. The van der Waals surface area contributed by atoms with E-state index in [-0.39, 0.29) is 20.9 Å². The van der Waals surface area contributed by atoms with Crippen LogP contribution in [0.2, 0.25) is 15.1 Å². The zero-order chi connectivity index (χ0) is 13.9. The quantitative estimate of drug-likeness (QED) is 0.506. The third-order valence-electron chi connectivity index (χ3n) is 1.79. The summed E-state index contributed by atoms with van der Waals surface area (Å²) in [5.74, 6) is -0.192. The molecule has 0 aromatic heterocycles. The largest absolute Gasteiger partial charge is 0.288 e. The van der Waals surface area contributed by atoms with Crippen LogP contribution >= 0.6 is 34.8 Å². The van der Waals surface area contributed by atoms with E-state index in [0.717, 1.165) is 5.41 Å². The fraction of sp³-hybridized carbons (Fsp3) is 0.100. The van der Waals surface area contributed by atoms with Gasteiger partial charge in [0, 0.05) is 10.6 Å². The van der Waals surface area contributed by atoms with E-state index in [9.17, 15) is 8.42 Å². The van der Waals surface area contributed by atoms with Crippen LogP contribution in [0.15, 0.2) is 17.5 Å². The van der Waals surface area contributed by atoms with Crippen LogP contribution in [0.25, 0.3) is 6.08 Å². The Balaban J connectivity index is 3.13. The molecule has 0 aliphatic carbocycles. The number of rotatable bonds is 3. The summed E-state index contributed by atoms with van der Waals surface area (Å²) < 4.78 is 24.9. The van der Waals surface area contributed by atoms with Crippen LogP contribution in [-0.2, 0) is 10.0 Å². The Morgan fingerprint density at radius 1 is 1.28 bits per heavy atom. The molecule has 0 heterocycles. The molecule has 4 nitrogen and oxygen atoms in total. The predicted molar refractivity (Wildman–Crippen MR) is 76.0 cm³/mol. The van der Waals surface area contributed by atoms with Gasteiger partial charge in [-0.15, -0.1) is 0 Å². The predicted octanol–water partition coefficient (Wildman–Crippen LogP) is 3.53. The van der Waals surface area contributed by atoms with Crippen molar-refractivity contribution in [1.29, 1.82) is 5.41 Å². The van der Waals surface area contributed by atoms with Gasteiger partial charge in [0.15, 0.2) is 0 Å². The molecule has 0 fully saturated rings. The van der Waals surface area contributed by atoms with Gasteiger partial charge in [-0.05, 0) is 25.1 Å². The summed E-state index contributed by atoms with van der Waals surface area (Å²) in [7, 11) is -3.74. The van der Waals surface area contributed by atoms with Crippen molar-refractivity contribution in [3.8, 4) is 0 Å². The van der Waals surface area contributed by atoms with Crippen molar-refractivity contribution in [3.05, 3.63) is 38.2 Å². The molecule has 0 saturated heterocycles. The Morgan fingerprint density at radius 3 is 2.39 bits per heavy atom. The first-order valence-corrected chi connectivity index (χ1v) is 7.30. The molecule has 0 atom stereocenters. The van der Waals surface area contributed by atoms with Crippen molar-refractivity contribution >= 4 is 56.7 Å². The topological polar surface area (TPSA) is 70.0 Å². The van der Waals surface area contributed by atoms with E-state index < -0.39 is 10.0 Å². The molecule has 0 unspecified atom stereocenters. The van der Waals surface area contributed by atoms with Gasteiger partial charge < -0.3 is 0 Å². The maximum Gasteiger partial charge on any atom is 0.255 e. The highest BCUT2D eigenvalue weighted by atomic mass is 35.5. The molecule has 0 aliphatic rings. The zero-order valence-corrected chi connectivity index (χ0v) is 12.3. The molecule has 1 aromatic rings. The summed E-state index contributed by atoms with van der Waals surface area (Å²) >= 11 is 17.6. The highest BCUT2D eigenvalue weighted by Gasteiger charge is 2.09. The summed E-state index contributed by atoms with van der Waals surface area (Å²) in [6, 6.07) is 3.02. The van der Waals surface area contributed by atoms with Crippen LogP contribution in [0.1, 0.15) is 12.5 Å². The van der Waals surface area contributed by atoms with E-state index in [1.807, 2.05) is 4.72 Å². The summed E-state index contributed by atoms with van der Waals surface area (Å²) in [5, 5.41) is 8.64. The smallest absolute Gasteiger partial charge is 0.255 e. The summed E-state index contributed by atoms with van der Waals surface area (Å²) in [5.41, 5.74) is 0.304. The number of benzene rings is 1. The van der Waals surface area contributed by atoms with Gasteiger partial charge in [-0.3, -0.25) is 10.1 Å². The van der Waals surface area contributed by atoms with Gasteiger partial charge in [0.2, 0.25) is 0 Å². The Kier molecular flexibility index (Phi) is 5.04. The highest BCUT2D eigenvalue weighted by Crippen LogP contribution is 2.32. The monoisotopic (exact) mass is 326 g/mol. The van der Waals surface area contributed by atoms with Gasteiger partial charge >= 0.3 is 0 Å². The lowest BCUT2D eigenvalue weighted by Gasteiger charge is -2.04. The normalized spacial score (nSPS) is 11.8. The fourth-order valence-corrected chi connectivity index (χ4v) is 2.57. The van der Waals surface area contributed by atoms with Crippen molar-refractivity contribution in [2.75, 3.05) is 0 Å². The second kappa shape index (κ2) is 5.93. The molecule has 1 rings (SSSR count). The number of sulfonamides is 1. The van der Waals surface area contributed by atoms with Crippen molar-refractivity contribution in [2.45, 2.75) is 6.92 Å². The summed E-state index contributed by atoms with van der Waals surface area (Å²) in [4.78, 5) is 0. The SMILES string of the molecule is CC(=N)NS(=O)(=O)/C=C/c1c(Cl)ccc(Cl)c1Cl. The Labute approximate surface area is 120 Å². The van der Waals surface area contributed by atoms with Crippen molar-refractivity contribution in [3.63, 3.8) is 0 Å². The second-order valence-electron chi connectivity index (χ2n) is 3.33. The molecular formula is C10H9Cl3N2O2S. The highest BCUT2D eigenvalue weighted by molar-refractivity contribution is 7.93. The molecule has 2 N–H and O–H groups in total. The minimum absolute atomic E-state index is 0.169. The van der Waals surface area contributed by atoms with E-state index in [2.05, 4.69) is 0 Å². The fourth-order valence-electron chi connectivity index (χ4n) is 1.10. The van der Waals surface area contributed by atoms with Crippen molar-refractivity contribution in [2.24, 2.45) is 0 Å². The first-order chi connectivity index (χ1) is 8.23. The van der Waals surface area contributed by atoms with Gasteiger partial charge in [0.05, 0.1) is 15.5 Å². The Hall–Kier alpha value is -0.750. The van der Waals surface area contributed by atoms with Crippen LogP contribution in [0.4, 0.5) is 0 Å². The Morgan fingerprint density at radius 2 is 1.83 bits per heavy atom. The molecule has 1 aromatic carbocycles. The molecule has 98 valence electrons. The zero-order valence-electron chi connectivity index (χ0n) is 9.17. The van der Waals surface area contributed by atoms with Gasteiger partial charge in [-0.2, -0.15) is 0 Å². The molecule has 0 spiro atoms. The summed E-state index contributed by atoms with van der Waals surface area (Å²) in [6.45, 7) is 1.31. The van der Waals surface area contributed by atoms with Gasteiger partial charge in [0.1, 0.15) is 5.84 Å². The minimum atomic E-state index is -3.74. The molecule has 0 radical (unpaired) electrons. The molecule has 18 heavy (non-hydrogen) atoms. The number of hydrogen-bond acceptors (Lipinski definition) is 3. The van der Waals surface area contributed by atoms with E-state index in [4.69, 9.17) is 40.2 Å². The van der Waals surface area contributed by atoms with Crippen LogP contribution in [0, 0.1) is 5.41 Å². The first kappa shape index (κ1) is 15.3. The standard InChI is InChI=1S/C10H9Cl3N2O2S/c1-6(14)15-18(16,17)5-4-7-8(11)2-3-9(12)10(7)13/h2-5H,1H3,(H2,14,15)/b5-4+. The van der Waals surface area contributed by atoms with Gasteiger partial charge in [0.25, 0.3) is 10.0 Å². The van der Waals surface area contributed by atoms with Crippen LogP contribution in [0.5, 0.6) is 0 Å². The Bertz CT molecular complexity index is 612. The number of nitrogens with one attached hydrogen (secondary N) is 2. The third-order valence-corrected chi connectivity index (χ3v) is 4.02. The number of amidine groups is 1. The lowest BCUT2D eigenvalue weighted by molar-refractivity contribution is 0.601. The maximum atomic E-state index is 11.5. The summed E-state index contributed by atoms with van der Waals surface area (Å²) in [6.07, 6.45) is 1.22. The van der Waals surface area contributed by atoms with Crippen molar-refractivity contribution < 1.29 is 8.42 Å². The second-order valence-corrected chi connectivity index (χ2v) is 6.09. The lowest BCUT2D eigenvalue weighted by atomic mass is 10.2. The average molecular weight is 328 g/mol. The molecule has 0 bridgehead atoms. The van der Waals surface area contributed by atoms with E-state index in [1.54, 1.807) is 0 Å². The average Bonchev–Trinajstić information content (AvgIpc) is 2.22. The molecule has 0 aliphatic heterocycles. The molecule has 0 amide bonds. The van der Waals surface area contributed by atoms with Gasteiger partial charge in [-0.25, -0.2) is 8.42 Å². The van der Waals surface area contributed by atoms with E-state index >= 15 is 0 Å². The van der Waals surface area contributed by atoms with Crippen LogP contribution in [-0.4, -0.2) is 14.3 Å². The third kappa shape index (κ3) is 4.17. The minimum Gasteiger partial charge on any atom is -0.288 e. The van der Waals surface area contributed by atoms with Crippen LogP contribution < -0.4 is 4.72 Å². The first-order valence-electron chi connectivity index (χ1n) is 4.62. The molecule has 0 saturated carbocycles.